The number of ether oxygens (including phenoxy) is 2. The molecule has 2 aliphatic rings. The van der Waals surface area contributed by atoms with Gasteiger partial charge >= 0.3 is 0 Å². The summed E-state index contributed by atoms with van der Waals surface area (Å²) in [5, 5.41) is 0. The van der Waals surface area contributed by atoms with Crippen LogP contribution in [0.3, 0.4) is 0 Å². The Hall–Kier alpha value is -2.09. The molecule has 7 heteroatoms. The van der Waals surface area contributed by atoms with E-state index in [2.05, 4.69) is 53.2 Å². The quantitative estimate of drug-likeness (QED) is 0.179. The molecule has 4 rings (SSSR count). The molecule has 198 valence electrons. The van der Waals surface area contributed by atoms with Crippen molar-refractivity contribution < 1.29 is 23.3 Å². The molecule has 0 aliphatic carbocycles. The largest absolute Gasteiger partial charge is 0.483 e. The van der Waals surface area contributed by atoms with Crippen molar-refractivity contribution in [1.82, 2.24) is 0 Å². The fourth-order valence-corrected chi connectivity index (χ4v) is 5.02. The van der Waals surface area contributed by atoms with Crippen LogP contribution in [0.25, 0.3) is 0 Å². The summed E-state index contributed by atoms with van der Waals surface area (Å²) in [7, 11) is 4.58. The van der Waals surface area contributed by atoms with Gasteiger partial charge in [-0.2, -0.15) is 6.92 Å². The Labute approximate surface area is 221 Å². The standard InChI is InChI=1S/C14H19O2P.C13H17O3P.C2H5/c1-5-14(4)7-6-11-10(3)12(16-17)8-9(2)13(11)15-14;1-8-6-11(16-17)9(2)10-4-5-13(3,7-14)15-12(8)10;1-2/h5,8H,1,6-7,17H2,2-4H3;6-7H,4-5,17H2,1-3H3;1H2,2H3/q;;-1/t14-;13-;/m10./s1. The summed E-state index contributed by atoms with van der Waals surface area (Å²) < 4.78 is 22.5. The van der Waals surface area contributed by atoms with Crippen molar-refractivity contribution in [2.75, 3.05) is 0 Å². The number of hydrogen-bond donors (Lipinski definition) is 0. The van der Waals surface area contributed by atoms with Crippen LogP contribution in [-0.2, 0) is 17.6 Å². The van der Waals surface area contributed by atoms with Crippen molar-refractivity contribution in [3.63, 3.8) is 0 Å². The molecule has 0 bridgehead atoms. The van der Waals surface area contributed by atoms with Gasteiger partial charge < -0.3 is 25.4 Å². The van der Waals surface area contributed by atoms with E-state index in [4.69, 9.17) is 18.5 Å². The lowest BCUT2D eigenvalue weighted by Crippen LogP contribution is -2.38. The second-order valence-corrected chi connectivity index (χ2v) is 10.1. The number of fused-ring (bicyclic) bond motifs is 2. The predicted molar refractivity (Wildman–Crippen MR) is 155 cm³/mol. The van der Waals surface area contributed by atoms with E-state index in [-0.39, 0.29) is 5.60 Å². The number of carbonyl (C=O) groups is 1. The summed E-state index contributed by atoms with van der Waals surface area (Å²) in [6.07, 6.45) is 6.31. The normalized spacial score (nSPS) is 21.5. The Morgan fingerprint density at radius 2 is 1.25 bits per heavy atom. The molecule has 0 saturated carbocycles. The molecule has 36 heavy (non-hydrogen) atoms. The van der Waals surface area contributed by atoms with Crippen molar-refractivity contribution in [3.8, 4) is 23.0 Å². The molecule has 0 saturated heterocycles. The summed E-state index contributed by atoms with van der Waals surface area (Å²) >= 11 is 0. The van der Waals surface area contributed by atoms with E-state index in [0.717, 1.165) is 70.8 Å². The fourth-order valence-electron chi connectivity index (χ4n) is 4.53. The molecular weight excluding hydrogens is 490 g/mol. The third-order valence-electron chi connectivity index (χ3n) is 6.95. The Morgan fingerprint density at radius 3 is 1.61 bits per heavy atom. The number of aldehydes is 1. The van der Waals surface area contributed by atoms with Gasteiger partial charge in [-0.1, -0.05) is 6.58 Å². The zero-order chi connectivity index (χ0) is 27.3. The zero-order valence-corrected chi connectivity index (χ0v) is 25.1. The third kappa shape index (κ3) is 6.24. The minimum Gasteiger partial charge on any atom is -0.483 e. The van der Waals surface area contributed by atoms with Crippen LogP contribution in [0.2, 0.25) is 0 Å². The maximum absolute atomic E-state index is 11.1. The highest BCUT2D eigenvalue weighted by molar-refractivity contribution is 7.10. The highest BCUT2D eigenvalue weighted by Gasteiger charge is 2.34. The molecule has 0 spiro atoms. The van der Waals surface area contributed by atoms with Crippen molar-refractivity contribution in [2.45, 2.75) is 85.4 Å². The lowest BCUT2D eigenvalue weighted by atomic mass is 9.89. The average Bonchev–Trinajstić information content (AvgIpc) is 2.89. The molecule has 5 nitrogen and oxygen atoms in total. The van der Waals surface area contributed by atoms with Crippen LogP contribution in [-0.4, -0.2) is 17.5 Å². The fraction of sp³-hybridized carbons (Fsp3) is 0.448. The molecule has 2 aliphatic heterocycles. The third-order valence-corrected chi connectivity index (χ3v) is 7.46. The van der Waals surface area contributed by atoms with E-state index < -0.39 is 5.60 Å². The van der Waals surface area contributed by atoms with Gasteiger partial charge in [-0.05, 0) is 108 Å². The van der Waals surface area contributed by atoms with Crippen LogP contribution in [0.1, 0.15) is 67.0 Å². The van der Waals surface area contributed by atoms with E-state index in [9.17, 15) is 4.79 Å². The van der Waals surface area contributed by atoms with Gasteiger partial charge in [0.25, 0.3) is 0 Å². The summed E-state index contributed by atoms with van der Waals surface area (Å²) in [5.41, 5.74) is 5.89. The minimum atomic E-state index is -0.687. The molecule has 0 amide bonds. The van der Waals surface area contributed by atoms with Gasteiger partial charge in [-0.15, -0.1) is 0 Å². The van der Waals surface area contributed by atoms with E-state index in [1.807, 2.05) is 39.0 Å². The Balaban J connectivity index is 0.000000237. The number of carbonyl (C=O) groups excluding carboxylic acids is 1. The molecule has 0 N–H and O–H groups in total. The summed E-state index contributed by atoms with van der Waals surface area (Å²) in [6.45, 7) is 20.9. The maximum Gasteiger partial charge on any atom is 0.163 e. The molecule has 0 fully saturated rings. The Kier molecular flexibility index (Phi) is 10.4. The predicted octanol–water partition coefficient (Wildman–Crippen LogP) is 7.34. The lowest BCUT2D eigenvalue weighted by molar-refractivity contribution is -0.121. The van der Waals surface area contributed by atoms with Gasteiger partial charge in [0, 0.05) is 11.1 Å². The van der Waals surface area contributed by atoms with Crippen molar-refractivity contribution in [2.24, 2.45) is 0 Å². The van der Waals surface area contributed by atoms with Crippen LogP contribution < -0.4 is 18.5 Å². The SMILES string of the molecule is C=C[C@]1(C)CCc2c(C)c(OP)cc(C)c2O1.Cc1cc(OP)c(C)c2c1O[C@](C)(C=O)CC2.[CH2-]C. The van der Waals surface area contributed by atoms with Gasteiger partial charge in [0.1, 0.15) is 28.6 Å². The van der Waals surface area contributed by atoms with Crippen molar-refractivity contribution in [1.29, 1.82) is 0 Å². The van der Waals surface area contributed by atoms with E-state index >= 15 is 0 Å². The average molecular weight is 532 g/mol. The van der Waals surface area contributed by atoms with E-state index in [1.54, 1.807) is 6.92 Å². The van der Waals surface area contributed by atoms with Gasteiger partial charge in [0.2, 0.25) is 0 Å². The van der Waals surface area contributed by atoms with E-state index in [0.29, 0.717) is 6.42 Å². The molecular formula is C29H41O5P2-. The Bertz CT molecular complexity index is 1030. The van der Waals surface area contributed by atoms with Crippen LogP contribution in [0.5, 0.6) is 23.0 Å². The van der Waals surface area contributed by atoms with Crippen molar-refractivity contribution >= 4 is 25.2 Å². The Morgan fingerprint density at radius 1 is 0.861 bits per heavy atom. The second kappa shape index (κ2) is 12.4. The van der Waals surface area contributed by atoms with Gasteiger partial charge in [-0.3, -0.25) is 4.79 Å². The number of rotatable bonds is 4. The molecule has 2 aromatic carbocycles. The van der Waals surface area contributed by atoms with Crippen LogP contribution in [0.15, 0.2) is 24.8 Å². The minimum absolute atomic E-state index is 0.243. The van der Waals surface area contributed by atoms with Gasteiger partial charge in [0.15, 0.2) is 11.9 Å². The highest BCUT2D eigenvalue weighted by atomic mass is 31.0. The summed E-state index contributed by atoms with van der Waals surface area (Å²) in [5.74, 6) is 3.61. The monoisotopic (exact) mass is 531 g/mol. The van der Waals surface area contributed by atoms with Gasteiger partial charge in [0.05, 0.1) is 18.9 Å². The molecule has 4 atom stereocenters. The van der Waals surface area contributed by atoms with E-state index in [1.165, 1.54) is 11.1 Å². The lowest BCUT2D eigenvalue weighted by Gasteiger charge is -2.35. The number of hydrogen-bond acceptors (Lipinski definition) is 5. The zero-order valence-electron chi connectivity index (χ0n) is 22.7. The maximum atomic E-state index is 11.1. The number of benzene rings is 2. The number of aryl methyl sites for hydroxylation is 2. The topological polar surface area (TPSA) is 54.0 Å². The summed E-state index contributed by atoms with van der Waals surface area (Å²) in [4.78, 5) is 11.1. The molecule has 2 heterocycles. The smallest absolute Gasteiger partial charge is 0.163 e. The summed E-state index contributed by atoms with van der Waals surface area (Å²) in [6, 6.07) is 3.97. The molecule has 2 aromatic rings. The first kappa shape index (κ1) is 30.1. The van der Waals surface area contributed by atoms with Crippen molar-refractivity contribution in [3.05, 3.63) is 65.1 Å². The first-order chi connectivity index (χ1) is 17.0. The molecule has 2 unspecified atom stereocenters. The van der Waals surface area contributed by atoms with Crippen LogP contribution >= 0.6 is 18.9 Å². The van der Waals surface area contributed by atoms with Gasteiger partial charge in [-0.25, -0.2) is 0 Å². The first-order valence-electron chi connectivity index (χ1n) is 12.2. The van der Waals surface area contributed by atoms with Crippen LogP contribution in [0, 0.1) is 34.6 Å². The van der Waals surface area contributed by atoms with Crippen LogP contribution in [0.4, 0.5) is 0 Å². The first-order valence-corrected chi connectivity index (χ1v) is 13.1. The molecule has 0 aromatic heterocycles. The highest BCUT2D eigenvalue weighted by Crippen LogP contribution is 2.42. The second-order valence-electron chi connectivity index (χ2n) is 9.64. The molecule has 0 radical (unpaired) electrons.